The molecular formula is C51H62F2O6Si. The zero-order valence-corrected chi connectivity index (χ0v) is 38.4. The number of phenolic OH excluding ortho intramolecular Hbond substituents is 1. The molecule has 4 aromatic carbocycles. The minimum atomic E-state index is -2.20. The Morgan fingerprint density at radius 1 is 0.583 bits per heavy atom. The van der Waals surface area contributed by atoms with Gasteiger partial charge in [0, 0.05) is 11.1 Å². The molecule has 0 amide bonds. The van der Waals surface area contributed by atoms with Crippen molar-refractivity contribution in [2.75, 3.05) is 14.2 Å². The Labute approximate surface area is 356 Å². The number of benzene rings is 4. The molecule has 0 spiro atoms. The van der Waals surface area contributed by atoms with E-state index in [1.54, 1.807) is 30.3 Å². The number of halogens is 2. The lowest BCUT2D eigenvalue weighted by molar-refractivity contribution is 0.0592. The van der Waals surface area contributed by atoms with Crippen LogP contribution in [0.25, 0.3) is 33.4 Å². The lowest BCUT2D eigenvalue weighted by atomic mass is 9.79. The van der Waals surface area contributed by atoms with Gasteiger partial charge in [-0.2, -0.15) is 0 Å². The van der Waals surface area contributed by atoms with Crippen LogP contribution in [0.4, 0.5) is 8.78 Å². The van der Waals surface area contributed by atoms with Gasteiger partial charge in [0.15, 0.2) is 0 Å². The topological polar surface area (TPSA) is 82.1 Å². The van der Waals surface area contributed by atoms with Crippen LogP contribution in [0.2, 0.25) is 16.6 Å². The summed E-state index contributed by atoms with van der Waals surface area (Å²) in [6.45, 7) is 22.1. The summed E-state index contributed by atoms with van der Waals surface area (Å²) in [6.07, 6.45) is 8.26. The highest BCUT2D eigenvalue weighted by atomic mass is 28.4. The lowest BCUT2D eigenvalue weighted by Gasteiger charge is -2.42. The normalized spacial score (nSPS) is 15.7. The van der Waals surface area contributed by atoms with Crippen LogP contribution in [-0.4, -0.2) is 39.6 Å². The van der Waals surface area contributed by atoms with Gasteiger partial charge in [-0.05, 0) is 147 Å². The third-order valence-corrected chi connectivity index (χ3v) is 18.6. The highest BCUT2D eigenvalue weighted by Gasteiger charge is 2.47. The van der Waals surface area contributed by atoms with Crippen molar-refractivity contribution in [1.29, 1.82) is 0 Å². The van der Waals surface area contributed by atoms with Gasteiger partial charge in [-0.3, -0.25) is 0 Å². The van der Waals surface area contributed by atoms with E-state index in [0.29, 0.717) is 50.2 Å². The average molecular weight is 837 g/mol. The molecule has 0 bridgehead atoms. The molecule has 0 heterocycles. The van der Waals surface area contributed by atoms with E-state index in [1.165, 1.54) is 38.5 Å². The number of carbonyl (C=O) groups excluding carboxylic acids is 2. The molecule has 2 aliphatic carbocycles. The summed E-state index contributed by atoms with van der Waals surface area (Å²) in [6, 6.07) is 19.6. The van der Waals surface area contributed by atoms with E-state index in [9.17, 15) is 19.1 Å². The number of methoxy groups -OCH3 is 2. The van der Waals surface area contributed by atoms with Crippen LogP contribution in [0.15, 0.2) is 84.9 Å². The number of phenols is 1. The van der Waals surface area contributed by atoms with E-state index in [0.717, 1.165) is 53.5 Å². The summed E-state index contributed by atoms with van der Waals surface area (Å²) in [4.78, 5) is 24.3. The summed E-state index contributed by atoms with van der Waals surface area (Å²) in [5.41, 5.74) is 8.12. The lowest BCUT2D eigenvalue weighted by Crippen LogP contribution is -2.50. The minimum Gasteiger partial charge on any atom is -0.543 e. The van der Waals surface area contributed by atoms with Crippen molar-refractivity contribution in [3.63, 3.8) is 0 Å². The summed E-state index contributed by atoms with van der Waals surface area (Å²) < 4.78 is 46.5. The zero-order chi connectivity index (χ0) is 44.3. The number of aromatic hydroxyl groups is 1. The van der Waals surface area contributed by atoms with E-state index in [-0.39, 0.29) is 22.4 Å². The maximum absolute atomic E-state index is 15.4. The van der Waals surface area contributed by atoms with Crippen molar-refractivity contribution >= 4 is 31.4 Å². The number of ether oxygens (including phenoxy) is 2. The third-order valence-electron chi connectivity index (χ3n) is 12.6. The average Bonchev–Trinajstić information content (AvgIpc) is 3.75. The first-order valence-corrected chi connectivity index (χ1v) is 23.2. The van der Waals surface area contributed by atoms with Crippen LogP contribution in [0.5, 0.6) is 11.5 Å². The van der Waals surface area contributed by atoms with E-state index < -0.39 is 26.1 Å². The number of hydrogen-bond donors (Lipinski definition) is 1. The van der Waals surface area contributed by atoms with Gasteiger partial charge in [0.25, 0.3) is 8.32 Å². The molecule has 2 aliphatic rings. The predicted molar refractivity (Wildman–Crippen MR) is 242 cm³/mol. The zero-order valence-electron chi connectivity index (χ0n) is 37.4. The number of carbonyl (C=O) groups is 2. The Balaban J connectivity index is 0.000000240. The number of rotatable bonds is 11. The molecule has 320 valence electrons. The maximum Gasteiger partial charge on any atom is 0.337 e. The smallest absolute Gasteiger partial charge is 0.337 e. The Morgan fingerprint density at radius 2 is 1.00 bits per heavy atom. The molecule has 0 fully saturated rings. The fraction of sp³-hybridized carbons (Fsp3) is 0.412. The second-order valence-corrected chi connectivity index (χ2v) is 23.7. The molecule has 60 heavy (non-hydrogen) atoms. The molecule has 0 unspecified atom stereocenters. The molecule has 0 radical (unpaired) electrons. The summed E-state index contributed by atoms with van der Waals surface area (Å²) in [7, 11) is 0.520. The van der Waals surface area contributed by atoms with Crippen LogP contribution in [0.1, 0.15) is 127 Å². The van der Waals surface area contributed by atoms with Crippen LogP contribution in [0.3, 0.4) is 0 Å². The number of esters is 2. The van der Waals surface area contributed by atoms with E-state index >= 15 is 4.39 Å². The largest absolute Gasteiger partial charge is 0.543 e. The first kappa shape index (κ1) is 46.1. The Bertz CT molecular complexity index is 2280. The number of hydrogen-bond acceptors (Lipinski definition) is 6. The van der Waals surface area contributed by atoms with Crippen molar-refractivity contribution in [2.45, 2.75) is 112 Å². The van der Waals surface area contributed by atoms with Crippen LogP contribution < -0.4 is 4.43 Å². The first-order valence-electron chi connectivity index (χ1n) is 21.0. The molecule has 0 saturated carbocycles. The molecule has 0 aromatic heterocycles. The van der Waals surface area contributed by atoms with Crippen LogP contribution in [0, 0.1) is 22.5 Å². The molecule has 6 rings (SSSR count). The van der Waals surface area contributed by atoms with Gasteiger partial charge in [0.1, 0.15) is 23.1 Å². The molecule has 4 aromatic rings. The quantitative estimate of drug-likeness (QED) is 0.120. The van der Waals surface area contributed by atoms with Crippen molar-refractivity contribution in [3.05, 3.63) is 119 Å². The SMILES string of the molecule is COC(=O)c1ccc(-c2cc(O)ccc2F)c(C2=CCCC2(C)C)c1.COC(=O)c1ccc(-c2cc(O[Si](C(C)C)(C(C)C)C(C)C)ccc2F)c(C2=CCCC2(C)C)c1. The molecule has 0 atom stereocenters. The Kier molecular flexibility index (Phi) is 14.0. The van der Waals surface area contributed by atoms with Gasteiger partial charge in [-0.15, -0.1) is 0 Å². The van der Waals surface area contributed by atoms with E-state index in [4.69, 9.17) is 13.9 Å². The van der Waals surface area contributed by atoms with E-state index in [2.05, 4.69) is 81.4 Å². The highest BCUT2D eigenvalue weighted by Crippen LogP contribution is 2.50. The maximum atomic E-state index is 15.4. The van der Waals surface area contributed by atoms with Gasteiger partial charge in [-0.1, -0.05) is 93.5 Å². The third kappa shape index (κ3) is 9.31. The predicted octanol–water partition coefficient (Wildman–Crippen LogP) is 14.2. The molecule has 1 N–H and O–H groups in total. The standard InChI is InChI=1S/C30H41FO3Si.C21H21FO3/c1-19(2)35(20(3)4,21(5)6)34-23-13-15-28(31)26(18-23)24-14-12-22(29(32)33-9)17-25(24)27-11-10-16-30(27,7)8;1-21(2)10-4-5-18(21)16-11-13(20(24)25-3)6-8-15(16)17-12-14(23)7-9-19(17)22/h11-15,17-21H,10,16H2,1-9H3;5-9,11-12,23H,4,10H2,1-3H3. The van der Waals surface area contributed by atoms with Gasteiger partial charge >= 0.3 is 11.9 Å². The van der Waals surface area contributed by atoms with Gasteiger partial charge in [0.2, 0.25) is 0 Å². The highest BCUT2D eigenvalue weighted by molar-refractivity contribution is 6.78. The Hall–Kier alpha value is -5.02. The van der Waals surface area contributed by atoms with Crippen LogP contribution in [-0.2, 0) is 9.47 Å². The van der Waals surface area contributed by atoms with Gasteiger partial charge in [0.05, 0.1) is 25.3 Å². The second kappa shape index (κ2) is 18.3. The molecule has 0 saturated heterocycles. The molecule has 6 nitrogen and oxygen atoms in total. The van der Waals surface area contributed by atoms with Crippen molar-refractivity contribution < 1.29 is 37.4 Å². The molecule has 0 aliphatic heterocycles. The first-order chi connectivity index (χ1) is 28.2. The fourth-order valence-corrected chi connectivity index (χ4v) is 14.7. The van der Waals surface area contributed by atoms with Crippen molar-refractivity contribution in [2.24, 2.45) is 10.8 Å². The Morgan fingerprint density at radius 3 is 1.38 bits per heavy atom. The minimum absolute atomic E-state index is 0.000874. The summed E-state index contributed by atoms with van der Waals surface area (Å²) >= 11 is 0. The summed E-state index contributed by atoms with van der Waals surface area (Å²) in [5, 5.41) is 9.78. The number of allylic oxidation sites excluding steroid dienone is 4. The summed E-state index contributed by atoms with van der Waals surface area (Å²) in [5.74, 6) is -0.826. The second-order valence-electron chi connectivity index (χ2n) is 18.3. The van der Waals surface area contributed by atoms with Crippen molar-refractivity contribution in [1.82, 2.24) is 0 Å². The van der Waals surface area contributed by atoms with Gasteiger partial charge in [-0.25, -0.2) is 18.4 Å². The molecular weight excluding hydrogens is 775 g/mol. The van der Waals surface area contributed by atoms with Gasteiger partial charge < -0.3 is 19.0 Å². The monoisotopic (exact) mass is 836 g/mol. The molecule has 9 heteroatoms. The van der Waals surface area contributed by atoms with Crippen LogP contribution >= 0.6 is 0 Å². The fourth-order valence-electron chi connectivity index (χ4n) is 9.47. The van der Waals surface area contributed by atoms with Crippen molar-refractivity contribution in [3.8, 4) is 33.8 Å². The van der Waals surface area contributed by atoms with E-state index in [1.807, 2.05) is 18.2 Å².